The van der Waals surface area contributed by atoms with E-state index in [0.29, 0.717) is 0 Å². The van der Waals surface area contributed by atoms with Gasteiger partial charge >= 0.3 is 0 Å². The van der Waals surface area contributed by atoms with Crippen LogP contribution in [0.15, 0.2) is 53.7 Å². The maximum absolute atomic E-state index is 5.15. The molecular formula is C16H16N4OS. The Balaban J connectivity index is 1.68. The molecule has 0 amide bonds. The Kier molecular flexibility index (Phi) is 4.39. The molecule has 0 spiro atoms. The maximum atomic E-state index is 5.15. The van der Waals surface area contributed by atoms with Gasteiger partial charge in [-0.2, -0.15) is 0 Å². The standard InChI is InChI=1S/C16H16N4OS/c1-12-9-16(7-8-17-12)22-11-13-10-20(19-18-13)14-3-5-15(21-2)6-4-14/h3-10H,11H2,1-2H3. The summed E-state index contributed by atoms with van der Waals surface area (Å²) in [5.41, 5.74) is 2.92. The van der Waals surface area contributed by atoms with Crippen molar-refractivity contribution in [1.82, 2.24) is 20.0 Å². The van der Waals surface area contributed by atoms with Crippen LogP contribution < -0.4 is 4.74 Å². The zero-order valence-electron chi connectivity index (χ0n) is 12.4. The lowest BCUT2D eigenvalue weighted by Crippen LogP contribution is -1.94. The number of nitrogens with zero attached hydrogens (tertiary/aromatic N) is 4. The van der Waals surface area contributed by atoms with Gasteiger partial charge in [0, 0.05) is 22.5 Å². The smallest absolute Gasteiger partial charge is 0.119 e. The molecule has 0 unspecified atom stereocenters. The van der Waals surface area contributed by atoms with E-state index in [1.807, 2.05) is 49.6 Å². The van der Waals surface area contributed by atoms with Crippen molar-refractivity contribution in [3.63, 3.8) is 0 Å². The van der Waals surface area contributed by atoms with Gasteiger partial charge in [-0.15, -0.1) is 16.9 Å². The molecule has 0 aliphatic carbocycles. The highest BCUT2D eigenvalue weighted by Crippen LogP contribution is 2.22. The second-order valence-electron chi connectivity index (χ2n) is 4.77. The van der Waals surface area contributed by atoms with Gasteiger partial charge in [0.05, 0.1) is 24.7 Å². The molecule has 0 N–H and O–H groups in total. The first kappa shape index (κ1) is 14.6. The highest BCUT2D eigenvalue weighted by atomic mass is 32.2. The minimum absolute atomic E-state index is 0.777. The van der Waals surface area contributed by atoms with Crippen LogP contribution in [0.2, 0.25) is 0 Å². The van der Waals surface area contributed by atoms with Crippen molar-refractivity contribution in [1.29, 1.82) is 0 Å². The number of ether oxygens (including phenoxy) is 1. The lowest BCUT2D eigenvalue weighted by Gasteiger charge is -2.02. The van der Waals surface area contributed by atoms with Crippen molar-refractivity contribution in [3.05, 3.63) is 60.2 Å². The van der Waals surface area contributed by atoms with Crippen LogP contribution in [0.4, 0.5) is 0 Å². The lowest BCUT2D eigenvalue weighted by molar-refractivity contribution is 0.414. The fourth-order valence-corrected chi connectivity index (χ4v) is 2.85. The molecule has 3 aromatic rings. The van der Waals surface area contributed by atoms with Crippen molar-refractivity contribution >= 4 is 11.8 Å². The molecular weight excluding hydrogens is 296 g/mol. The normalized spacial score (nSPS) is 10.6. The molecule has 0 aliphatic rings. The molecule has 0 saturated heterocycles. The number of hydrogen-bond acceptors (Lipinski definition) is 5. The SMILES string of the molecule is COc1ccc(-n2cc(CSc3ccnc(C)c3)nn2)cc1. The van der Waals surface area contributed by atoms with Gasteiger partial charge < -0.3 is 4.74 Å². The highest BCUT2D eigenvalue weighted by Gasteiger charge is 2.04. The Morgan fingerprint density at radius 3 is 2.73 bits per heavy atom. The average molecular weight is 312 g/mol. The van der Waals surface area contributed by atoms with Crippen molar-refractivity contribution < 1.29 is 4.74 Å². The topological polar surface area (TPSA) is 52.8 Å². The van der Waals surface area contributed by atoms with Gasteiger partial charge in [-0.3, -0.25) is 4.98 Å². The first-order valence-corrected chi connectivity index (χ1v) is 7.84. The second kappa shape index (κ2) is 6.62. The Bertz CT molecular complexity index is 755. The van der Waals surface area contributed by atoms with Gasteiger partial charge in [0.1, 0.15) is 5.75 Å². The summed E-state index contributed by atoms with van der Waals surface area (Å²) in [4.78, 5) is 5.38. The summed E-state index contributed by atoms with van der Waals surface area (Å²) in [6.45, 7) is 1.99. The van der Waals surface area contributed by atoms with Crippen LogP contribution in [0.3, 0.4) is 0 Å². The molecule has 2 heterocycles. The van der Waals surface area contributed by atoms with Crippen molar-refractivity contribution in [2.75, 3.05) is 7.11 Å². The number of benzene rings is 1. The number of rotatable bonds is 5. The third-order valence-electron chi connectivity index (χ3n) is 3.13. The van der Waals surface area contributed by atoms with E-state index in [0.717, 1.165) is 28.6 Å². The number of thioether (sulfide) groups is 1. The number of pyridine rings is 1. The van der Waals surface area contributed by atoms with Crippen LogP contribution >= 0.6 is 11.8 Å². The molecule has 1 aromatic carbocycles. The largest absolute Gasteiger partial charge is 0.497 e. The average Bonchev–Trinajstić information content (AvgIpc) is 3.02. The fraction of sp³-hybridized carbons (Fsp3) is 0.188. The second-order valence-corrected chi connectivity index (χ2v) is 5.82. The van der Waals surface area contributed by atoms with E-state index in [9.17, 15) is 0 Å². The number of aryl methyl sites for hydroxylation is 1. The summed E-state index contributed by atoms with van der Waals surface area (Å²) < 4.78 is 6.92. The molecule has 112 valence electrons. The summed E-state index contributed by atoms with van der Waals surface area (Å²) in [6.07, 6.45) is 3.77. The van der Waals surface area contributed by atoms with Crippen LogP contribution in [-0.4, -0.2) is 27.1 Å². The molecule has 22 heavy (non-hydrogen) atoms. The summed E-state index contributed by atoms with van der Waals surface area (Å²) in [6, 6.07) is 11.8. The Morgan fingerprint density at radius 1 is 1.18 bits per heavy atom. The lowest BCUT2D eigenvalue weighted by atomic mass is 10.3. The molecule has 0 radical (unpaired) electrons. The van der Waals surface area contributed by atoms with E-state index in [1.54, 1.807) is 23.6 Å². The Hall–Kier alpha value is -2.34. The van der Waals surface area contributed by atoms with Crippen LogP contribution in [0.1, 0.15) is 11.4 Å². The first-order chi connectivity index (χ1) is 10.7. The van der Waals surface area contributed by atoms with Crippen LogP contribution in [0.25, 0.3) is 5.69 Å². The molecule has 3 rings (SSSR count). The van der Waals surface area contributed by atoms with Gasteiger partial charge in [0.25, 0.3) is 0 Å². The van der Waals surface area contributed by atoms with E-state index in [1.165, 1.54) is 4.90 Å². The zero-order valence-corrected chi connectivity index (χ0v) is 13.2. The molecule has 0 atom stereocenters. The van der Waals surface area contributed by atoms with E-state index >= 15 is 0 Å². The van der Waals surface area contributed by atoms with E-state index in [-0.39, 0.29) is 0 Å². The third kappa shape index (κ3) is 3.46. The minimum Gasteiger partial charge on any atom is -0.497 e. The van der Waals surface area contributed by atoms with Crippen molar-refractivity contribution in [2.45, 2.75) is 17.6 Å². The summed E-state index contributed by atoms with van der Waals surface area (Å²) in [7, 11) is 1.65. The molecule has 6 heteroatoms. The molecule has 2 aromatic heterocycles. The Morgan fingerprint density at radius 2 is 2.00 bits per heavy atom. The maximum Gasteiger partial charge on any atom is 0.119 e. The molecule has 0 saturated carbocycles. The van der Waals surface area contributed by atoms with Gasteiger partial charge in [-0.1, -0.05) is 5.21 Å². The third-order valence-corrected chi connectivity index (χ3v) is 4.16. The quantitative estimate of drug-likeness (QED) is 0.677. The fourth-order valence-electron chi connectivity index (χ4n) is 1.99. The first-order valence-electron chi connectivity index (χ1n) is 6.86. The minimum atomic E-state index is 0.777. The number of hydrogen-bond donors (Lipinski definition) is 0. The van der Waals surface area contributed by atoms with E-state index < -0.39 is 0 Å². The van der Waals surface area contributed by atoms with Crippen molar-refractivity contribution in [2.24, 2.45) is 0 Å². The van der Waals surface area contributed by atoms with Gasteiger partial charge in [-0.25, -0.2) is 4.68 Å². The summed E-state index contributed by atoms with van der Waals surface area (Å²) in [5.74, 6) is 1.60. The predicted octanol–water partition coefficient (Wildman–Crippen LogP) is 3.27. The molecule has 0 aliphatic heterocycles. The zero-order chi connectivity index (χ0) is 15.4. The summed E-state index contributed by atoms with van der Waals surface area (Å²) >= 11 is 1.73. The molecule has 5 nitrogen and oxygen atoms in total. The van der Waals surface area contributed by atoms with Crippen LogP contribution in [-0.2, 0) is 5.75 Å². The predicted molar refractivity (Wildman–Crippen MR) is 86.4 cm³/mol. The van der Waals surface area contributed by atoms with Gasteiger partial charge in [0.2, 0.25) is 0 Å². The monoisotopic (exact) mass is 312 g/mol. The summed E-state index contributed by atoms with van der Waals surface area (Å²) in [5, 5.41) is 8.39. The number of aromatic nitrogens is 4. The Labute approximate surface area is 133 Å². The molecule has 0 bridgehead atoms. The van der Waals surface area contributed by atoms with Crippen LogP contribution in [0.5, 0.6) is 5.75 Å². The van der Waals surface area contributed by atoms with E-state index in [4.69, 9.17) is 4.74 Å². The van der Waals surface area contributed by atoms with E-state index in [2.05, 4.69) is 21.4 Å². The van der Waals surface area contributed by atoms with Crippen molar-refractivity contribution in [3.8, 4) is 11.4 Å². The highest BCUT2D eigenvalue weighted by molar-refractivity contribution is 7.98. The number of methoxy groups -OCH3 is 1. The molecule has 0 fully saturated rings. The van der Waals surface area contributed by atoms with Gasteiger partial charge in [0.15, 0.2) is 0 Å². The van der Waals surface area contributed by atoms with Gasteiger partial charge in [-0.05, 0) is 43.3 Å². The van der Waals surface area contributed by atoms with Crippen LogP contribution in [0, 0.1) is 6.92 Å².